The molecule has 0 amide bonds. The van der Waals surface area contributed by atoms with E-state index in [1.165, 1.54) is 18.2 Å². The van der Waals surface area contributed by atoms with Crippen LogP contribution in [0.4, 0.5) is 4.39 Å². The zero-order valence-corrected chi connectivity index (χ0v) is 10.9. The molecule has 5 nitrogen and oxygen atoms in total. The second-order valence-electron chi connectivity index (χ2n) is 4.55. The van der Waals surface area contributed by atoms with Gasteiger partial charge in [0.1, 0.15) is 11.6 Å². The molecule has 0 fully saturated rings. The molecule has 0 aliphatic carbocycles. The van der Waals surface area contributed by atoms with Crippen LogP contribution in [0.15, 0.2) is 53.8 Å². The van der Waals surface area contributed by atoms with E-state index in [0.717, 1.165) is 5.69 Å². The second-order valence-corrected chi connectivity index (χ2v) is 4.55. The highest BCUT2D eigenvalue weighted by Crippen LogP contribution is 2.27. The van der Waals surface area contributed by atoms with Crippen molar-refractivity contribution in [2.24, 2.45) is 10.9 Å². The van der Waals surface area contributed by atoms with Gasteiger partial charge in [0, 0.05) is 22.8 Å². The van der Waals surface area contributed by atoms with E-state index in [-0.39, 0.29) is 17.0 Å². The molecule has 0 saturated carbocycles. The fourth-order valence-corrected chi connectivity index (χ4v) is 2.32. The summed E-state index contributed by atoms with van der Waals surface area (Å²) in [5.74, 6) is -0.479. The lowest BCUT2D eigenvalue weighted by atomic mass is 10.1. The van der Waals surface area contributed by atoms with Crippen LogP contribution in [0.1, 0.15) is 5.56 Å². The minimum absolute atomic E-state index is 0.137. The Hall–Kier alpha value is -3.02. The summed E-state index contributed by atoms with van der Waals surface area (Å²) in [6.45, 7) is 0. The highest BCUT2D eigenvalue weighted by molar-refractivity contribution is 6.09. The van der Waals surface area contributed by atoms with Crippen molar-refractivity contribution >= 4 is 16.7 Å². The van der Waals surface area contributed by atoms with Gasteiger partial charge in [-0.3, -0.25) is 0 Å². The van der Waals surface area contributed by atoms with Gasteiger partial charge in [-0.05, 0) is 36.4 Å². The van der Waals surface area contributed by atoms with Crippen molar-refractivity contribution in [2.75, 3.05) is 0 Å². The number of rotatable bonds is 2. The van der Waals surface area contributed by atoms with Crippen molar-refractivity contribution in [2.45, 2.75) is 0 Å². The number of hydrogen-bond acceptors (Lipinski definition) is 3. The fraction of sp³-hybridized carbons (Fsp3) is 0. The average Bonchev–Trinajstić information content (AvgIpc) is 2.88. The summed E-state index contributed by atoms with van der Waals surface area (Å²) in [6.07, 6.45) is 1.59. The van der Waals surface area contributed by atoms with Crippen molar-refractivity contribution in [3.8, 4) is 11.4 Å². The maximum Gasteiger partial charge on any atom is 0.172 e. The highest BCUT2D eigenvalue weighted by Gasteiger charge is 2.16. The van der Waals surface area contributed by atoms with E-state index in [9.17, 15) is 9.50 Å². The van der Waals surface area contributed by atoms with Crippen molar-refractivity contribution < 1.29 is 14.7 Å². The van der Waals surface area contributed by atoms with E-state index < -0.39 is 5.82 Å². The van der Waals surface area contributed by atoms with Gasteiger partial charge in [0.25, 0.3) is 0 Å². The maximum absolute atomic E-state index is 14.1. The van der Waals surface area contributed by atoms with Crippen LogP contribution in [0.2, 0.25) is 0 Å². The van der Waals surface area contributed by atoms with Crippen molar-refractivity contribution in [3.63, 3.8) is 0 Å². The zero-order chi connectivity index (χ0) is 15.0. The first-order chi connectivity index (χ1) is 10.1. The van der Waals surface area contributed by atoms with Crippen molar-refractivity contribution in [1.82, 2.24) is 4.57 Å². The van der Waals surface area contributed by atoms with E-state index in [2.05, 4.69) is 5.16 Å². The van der Waals surface area contributed by atoms with Crippen LogP contribution in [-0.4, -0.2) is 20.7 Å². The van der Waals surface area contributed by atoms with E-state index in [0.29, 0.717) is 11.1 Å². The minimum Gasteiger partial charge on any atom is -0.508 e. The Kier molecular flexibility index (Phi) is 2.98. The Balaban J connectivity index is 2.34. The number of phenolic OH excluding ortho intramolecular Hbond substituents is 1. The lowest BCUT2D eigenvalue weighted by molar-refractivity contribution is 0.318. The molecule has 0 spiro atoms. The molecule has 3 aromatic rings. The normalized spacial score (nSPS) is 12.0. The molecule has 0 aliphatic rings. The quantitative estimate of drug-likeness (QED) is 0.293. The predicted molar refractivity (Wildman–Crippen MR) is 77.4 cm³/mol. The maximum atomic E-state index is 14.1. The first kappa shape index (κ1) is 13.0. The van der Waals surface area contributed by atoms with Crippen LogP contribution in [-0.2, 0) is 0 Å². The predicted octanol–water partition coefficient (Wildman–Crippen LogP) is 2.57. The monoisotopic (exact) mass is 285 g/mol. The molecule has 0 bridgehead atoms. The number of amidine groups is 1. The minimum atomic E-state index is -0.452. The summed E-state index contributed by atoms with van der Waals surface area (Å²) in [6, 6.07) is 11.1. The molecule has 106 valence electrons. The largest absolute Gasteiger partial charge is 0.508 e. The Morgan fingerprint density at radius 3 is 2.52 bits per heavy atom. The zero-order valence-electron chi connectivity index (χ0n) is 10.9. The lowest BCUT2D eigenvalue weighted by Crippen LogP contribution is -2.12. The number of aromatic nitrogens is 1. The van der Waals surface area contributed by atoms with Gasteiger partial charge < -0.3 is 20.6 Å². The Morgan fingerprint density at radius 2 is 1.86 bits per heavy atom. The third-order valence-electron chi connectivity index (χ3n) is 3.29. The third-order valence-corrected chi connectivity index (χ3v) is 3.29. The molecule has 0 radical (unpaired) electrons. The van der Waals surface area contributed by atoms with Crippen molar-refractivity contribution in [1.29, 1.82) is 0 Å². The Morgan fingerprint density at radius 1 is 1.14 bits per heavy atom. The van der Waals surface area contributed by atoms with Gasteiger partial charge in [0.2, 0.25) is 0 Å². The van der Waals surface area contributed by atoms with Gasteiger partial charge in [-0.2, -0.15) is 0 Å². The molecule has 1 heterocycles. The molecule has 6 heteroatoms. The van der Waals surface area contributed by atoms with Gasteiger partial charge in [-0.15, -0.1) is 0 Å². The van der Waals surface area contributed by atoms with Gasteiger partial charge in [-0.25, -0.2) is 4.39 Å². The van der Waals surface area contributed by atoms with E-state index >= 15 is 0 Å². The van der Waals surface area contributed by atoms with Crippen LogP contribution >= 0.6 is 0 Å². The lowest BCUT2D eigenvalue weighted by Gasteiger charge is -2.05. The molecule has 0 saturated heterocycles. The number of aromatic hydroxyl groups is 1. The van der Waals surface area contributed by atoms with Gasteiger partial charge in [0.05, 0.1) is 5.52 Å². The Labute approximate surface area is 119 Å². The number of nitrogens with zero attached hydrogens (tertiary/aromatic N) is 2. The topological polar surface area (TPSA) is 83.8 Å². The molecule has 0 atom stereocenters. The Bertz CT molecular complexity index is 838. The first-order valence-corrected chi connectivity index (χ1v) is 6.18. The van der Waals surface area contributed by atoms with Crippen LogP contribution in [0.3, 0.4) is 0 Å². The second kappa shape index (κ2) is 4.82. The summed E-state index contributed by atoms with van der Waals surface area (Å²) < 4.78 is 15.8. The summed E-state index contributed by atoms with van der Waals surface area (Å²) in [5.41, 5.74) is 7.24. The molecule has 4 N–H and O–H groups in total. The van der Waals surface area contributed by atoms with Crippen LogP contribution in [0.5, 0.6) is 5.75 Å². The molecular weight excluding hydrogens is 273 g/mol. The number of fused-ring (bicyclic) bond motifs is 1. The SMILES string of the molecule is N/C(=N\O)c1cn(-c2ccc(O)cc2)c2cccc(F)c12. The van der Waals surface area contributed by atoms with E-state index in [1.807, 2.05) is 0 Å². The molecule has 2 aromatic carbocycles. The fourth-order valence-electron chi connectivity index (χ4n) is 2.32. The summed E-state index contributed by atoms with van der Waals surface area (Å²) >= 11 is 0. The summed E-state index contributed by atoms with van der Waals surface area (Å²) in [7, 11) is 0. The number of oxime groups is 1. The van der Waals surface area contributed by atoms with Crippen LogP contribution in [0.25, 0.3) is 16.6 Å². The highest BCUT2D eigenvalue weighted by atomic mass is 19.1. The molecular formula is C15H12FN3O2. The summed E-state index contributed by atoms with van der Waals surface area (Å²) in [5, 5.41) is 21.4. The standard InChI is InChI=1S/C15H12FN3O2/c16-12-2-1-3-13-14(12)11(15(17)18-21)8-19(13)9-4-6-10(20)7-5-9/h1-8,20-21H,(H2,17,18). The molecule has 3 rings (SSSR count). The number of hydrogen-bond donors (Lipinski definition) is 3. The smallest absolute Gasteiger partial charge is 0.172 e. The van der Waals surface area contributed by atoms with E-state index in [4.69, 9.17) is 10.9 Å². The molecule has 1 aromatic heterocycles. The number of nitrogens with two attached hydrogens (primary N) is 1. The molecule has 21 heavy (non-hydrogen) atoms. The molecule has 0 aliphatic heterocycles. The van der Waals surface area contributed by atoms with Gasteiger partial charge in [0.15, 0.2) is 5.84 Å². The number of benzene rings is 2. The third kappa shape index (κ3) is 2.06. The number of halogens is 1. The molecule has 0 unspecified atom stereocenters. The van der Waals surface area contributed by atoms with E-state index in [1.54, 1.807) is 35.0 Å². The van der Waals surface area contributed by atoms with Gasteiger partial charge in [-0.1, -0.05) is 11.2 Å². The van der Waals surface area contributed by atoms with Crippen molar-refractivity contribution in [3.05, 3.63) is 60.0 Å². The van der Waals surface area contributed by atoms with Crippen LogP contribution < -0.4 is 5.73 Å². The average molecular weight is 285 g/mol. The first-order valence-electron chi connectivity index (χ1n) is 6.18. The van der Waals surface area contributed by atoms with Crippen LogP contribution in [0, 0.1) is 5.82 Å². The number of phenols is 1. The summed E-state index contributed by atoms with van der Waals surface area (Å²) in [4.78, 5) is 0. The van der Waals surface area contributed by atoms with Gasteiger partial charge >= 0.3 is 0 Å².